The lowest BCUT2D eigenvalue weighted by Crippen LogP contribution is -2.34. The van der Waals surface area contributed by atoms with Crippen molar-refractivity contribution in [1.29, 1.82) is 0 Å². The maximum Gasteiger partial charge on any atom is 0.0441 e. The van der Waals surface area contributed by atoms with Crippen LogP contribution in [0.15, 0.2) is 18.3 Å². The average molecular weight is 254 g/mol. The molecule has 0 amide bonds. The maximum atomic E-state index is 6.34. The summed E-state index contributed by atoms with van der Waals surface area (Å²) in [6.07, 6.45) is 1.92. The number of aromatic nitrogens is 1. The largest absolute Gasteiger partial charge is 0.323 e. The lowest BCUT2D eigenvalue weighted by molar-refractivity contribution is 0.661. The molecule has 88 valence electrons. The highest BCUT2D eigenvalue weighted by Gasteiger charge is 2.29. The van der Waals surface area contributed by atoms with Crippen LogP contribution in [0.4, 0.5) is 0 Å². The first kappa shape index (κ1) is 12.3. The van der Waals surface area contributed by atoms with E-state index in [1.54, 1.807) is 0 Å². The third-order valence-corrected chi connectivity index (χ3v) is 6.13. The van der Waals surface area contributed by atoms with Gasteiger partial charge in [0.2, 0.25) is 0 Å². The molecule has 0 spiro atoms. The first-order valence-corrected chi connectivity index (χ1v) is 7.69. The number of hydrogen-bond donors (Lipinski definition) is 1. The van der Waals surface area contributed by atoms with E-state index in [1.165, 1.54) is 11.5 Å². The Bertz CT molecular complexity index is 339. The Balaban J connectivity index is 2.11. The number of nitrogens with two attached hydrogens (primary N) is 1. The second kappa shape index (κ2) is 5.43. The molecule has 0 aromatic carbocycles. The van der Waals surface area contributed by atoms with Crippen LogP contribution in [-0.4, -0.2) is 27.0 Å². The van der Waals surface area contributed by atoms with Crippen LogP contribution < -0.4 is 5.73 Å². The van der Waals surface area contributed by atoms with Crippen LogP contribution in [0.25, 0.3) is 0 Å². The van der Waals surface area contributed by atoms with E-state index < -0.39 is 0 Å². The first-order chi connectivity index (χ1) is 7.68. The van der Waals surface area contributed by atoms with E-state index >= 15 is 0 Å². The molecule has 1 aliphatic rings. The van der Waals surface area contributed by atoms with Crippen molar-refractivity contribution in [2.75, 3.05) is 11.5 Å². The van der Waals surface area contributed by atoms with Crippen molar-refractivity contribution in [1.82, 2.24) is 4.98 Å². The topological polar surface area (TPSA) is 38.9 Å². The molecule has 3 unspecified atom stereocenters. The molecule has 0 radical (unpaired) electrons. The fraction of sp³-hybridized carbons (Fsp3) is 0.583. The fourth-order valence-electron chi connectivity index (χ4n) is 1.91. The minimum atomic E-state index is 0.112. The Morgan fingerprint density at radius 1 is 1.38 bits per heavy atom. The predicted molar refractivity (Wildman–Crippen MR) is 74.1 cm³/mol. The van der Waals surface area contributed by atoms with Crippen LogP contribution in [-0.2, 0) is 0 Å². The Morgan fingerprint density at radius 2 is 2.12 bits per heavy atom. The fourth-order valence-corrected chi connectivity index (χ4v) is 4.79. The van der Waals surface area contributed by atoms with Crippen LogP contribution >= 0.6 is 23.5 Å². The van der Waals surface area contributed by atoms with Crippen molar-refractivity contribution in [3.05, 3.63) is 29.6 Å². The van der Waals surface area contributed by atoms with E-state index in [-0.39, 0.29) is 6.04 Å². The number of rotatable bonds is 2. The summed E-state index contributed by atoms with van der Waals surface area (Å²) in [7, 11) is 0. The first-order valence-electron chi connectivity index (χ1n) is 5.60. The molecule has 1 aliphatic heterocycles. The zero-order chi connectivity index (χ0) is 11.5. The molecule has 3 atom stereocenters. The van der Waals surface area contributed by atoms with Crippen molar-refractivity contribution >= 4 is 23.5 Å². The Morgan fingerprint density at radius 3 is 2.75 bits per heavy atom. The number of pyridine rings is 1. The zero-order valence-electron chi connectivity index (χ0n) is 9.72. The summed E-state index contributed by atoms with van der Waals surface area (Å²) in [5.74, 6) is 2.47. The molecule has 1 aromatic rings. The van der Waals surface area contributed by atoms with Gasteiger partial charge in [0, 0.05) is 39.9 Å². The lowest BCUT2D eigenvalue weighted by atomic mass is 10.0. The number of nitrogens with zero attached hydrogens (tertiary/aromatic N) is 1. The van der Waals surface area contributed by atoms with Gasteiger partial charge in [-0.3, -0.25) is 4.98 Å². The molecular formula is C12H18N2S2. The average Bonchev–Trinajstić information content (AvgIpc) is 2.30. The molecule has 2 N–H and O–H groups in total. The van der Waals surface area contributed by atoms with Crippen molar-refractivity contribution in [3.63, 3.8) is 0 Å². The van der Waals surface area contributed by atoms with Gasteiger partial charge in [0.1, 0.15) is 0 Å². The van der Waals surface area contributed by atoms with Gasteiger partial charge in [0.25, 0.3) is 0 Å². The van der Waals surface area contributed by atoms with Crippen LogP contribution in [0, 0.1) is 6.92 Å². The summed E-state index contributed by atoms with van der Waals surface area (Å²) in [6, 6.07) is 4.26. The van der Waals surface area contributed by atoms with Gasteiger partial charge in [0.15, 0.2) is 0 Å². The van der Waals surface area contributed by atoms with Gasteiger partial charge in [-0.05, 0) is 18.6 Å². The zero-order valence-corrected chi connectivity index (χ0v) is 11.4. The van der Waals surface area contributed by atoms with E-state index in [9.17, 15) is 0 Å². The van der Waals surface area contributed by atoms with Crippen LogP contribution in [0.5, 0.6) is 0 Å². The summed E-state index contributed by atoms with van der Waals surface area (Å²) < 4.78 is 0. The van der Waals surface area contributed by atoms with E-state index in [0.717, 1.165) is 11.3 Å². The van der Waals surface area contributed by atoms with Crippen molar-refractivity contribution in [3.8, 4) is 0 Å². The second-order valence-corrected chi connectivity index (χ2v) is 6.94. The number of thioether (sulfide) groups is 2. The third kappa shape index (κ3) is 2.73. The molecular weight excluding hydrogens is 236 g/mol. The Hall–Kier alpha value is -0.190. The summed E-state index contributed by atoms with van der Waals surface area (Å²) >= 11 is 4.04. The van der Waals surface area contributed by atoms with Gasteiger partial charge in [-0.2, -0.15) is 23.5 Å². The standard InChI is InChI=1S/C12H18N2S2/c1-8-3-4-10(7-14-8)11(13)12-9(2)15-5-6-16-12/h3-4,7,9,11-12H,5-6,13H2,1-2H3. The molecule has 1 saturated heterocycles. The van der Waals surface area contributed by atoms with E-state index in [4.69, 9.17) is 5.73 Å². The summed E-state index contributed by atoms with van der Waals surface area (Å²) in [4.78, 5) is 4.32. The van der Waals surface area contributed by atoms with Crippen LogP contribution in [0.2, 0.25) is 0 Å². The van der Waals surface area contributed by atoms with E-state index in [0.29, 0.717) is 10.5 Å². The predicted octanol–water partition coefficient (Wildman–Crippen LogP) is 2.63. The van der Waals surface area contributed by atoms with Crippen molar-refractivity contribution < 1.29 is 0 Å². The molecule has 0 aliphatic carbocycles. The quantitative estimate of drug-likeness (QED) is 0.880. The van der Waals surface area contributed by atoms with Crippen molar-refractivity contribution in [2.24, 2.45) is 5.73 Å². The highest BCUT2D eigenvalue weighted by Crippen LogP contribution is 2.37. The molecule has 1 fully saturated rings. The molecule has 4 heteroatoms. The normalized spacial score (nSPS) is 27.7. The SMILES string of the molecule is Cc1ccc(C(N)C2SCCSC2C)cn1. The maximum absolute atomic E-state index is 6.34. The van der Waals surface area contributed by atoms with Gasteiger partial charge in [-0.15, -0.1) is 0 Å². The smallest absolute Gasteiger partial charge is 0.0441 e. The molecule has 0 saturated carbocycles. The minimum Gasteiger partial charge on any atom is -0.323 e. The number of aryl methyl sites for hydroxylation is 1. The minimum absolute atomic E-state index is 0.112. The summed E-state index contributed by atoms with van der Waals surface area (Å²) in [6.45, 7) is 4.28. The Labute approximate surface area is 106 Å². The van der Waals surface area contributed by atoms with Crippen LogP contribution in [0.1, 0.15) is 24.2 Å². The summed E-state index contributed by atoms with van der Waals surface area (Å²) in [5.41, 5.74) is 8.55. The van der Waals surface area contributed by atoms with Crippen molar-refractivity contribution in [2.45, 2.75) is 30.4 Å². The molecule has 1 aromatic heterocycles. The van der Waals surface area contributed by atoms with Gasteiger partial charge in [0.05, 0.1) is 0 Å². The highest BCUT2D eigenvalue weighted by atomic mass is 32.2. The monoisotopic (exact) mass is 254 g/mol. The van der Waals surface area contributed by atoms with Gasteiger partial charge >= 0.3 is 0 Å². The molecule has 2 heterocycles. The van der Waals surface area contributed by atoms with Gasteiger partial charge < -0.3 is 5.73 Å². The summed E-state index contributed by atoms with van der Waals surface area (Å²) in [5, 5.41) is 1.15. The van der Waals surface area contributed by atoms with Gasteiger partial charge in [-0.25, -0.2) is 0 Å². The third-order valence-electron chi connectivity index (χ3n) is 2.91. The highest BCUT2D eigenvalue weighted by molar-refractivity contribution is 8.07. The second-order valence-electron chi connectivity index (χ2n) is 4.17. The number of hydrogen-bond acceptors (Lipinski definition) is 4. The molecule has 2 nitrogen and oxygen atoms in total. The van der Waals surface area contributed by atoms with Gasteiger partial charge in [-0.1, -0.05) is 13.0 Å². The molecule has 16 heavy (non-hydrogen) atoms. The molecule has 2 rings (SSSR count). The van der Waals surface area contributed by atoms with Crippen LogP contribution in [0.3, 0.4) is 0 Å². The van der Waals surface area contributed by atoms with E-state index in [2.05, 4.69) is 18.0 Å². The Kier molecular flexibility index (Phi) is 4.16. The lowest BCUT2D eigenvalue weighted by Gasteiger charge is -2.32. The van der Waals surface area contributed by atoms with E-state index in [1.807, 2.05) is 42.7 Å². The molecule has 0 bridgehead atoms.